The predicted molar refractivity (Wildman–Crippen MR) is 151 cm³/mol. The molecule has 1 atom stereocenters. The number of aryl methyl sites for hydroxylation is 2. The van der Waals surface area contributed by atoms with Gasteiger partial charge in [-0.05, 0) is 62.1 Å². The standard InChI is InChI=1S/C30H36FN3O4S/c1-5-19-32-30(36)27(6-2)33(20-24-12-8-7-11-23(24)4)29(35)21-34(28-14-10-9-13-26(28)31)39(37,38)25-17-15-22(3)16-18-25/h7-18,27H,5-6,19-21H2,1-4H3,(H,32,36). The molecule has 39 heavy (non-hydrogen) atoms. The predicted octanol–water partition coefficient (Wildman–Crippen LogP) is 4.97. The first-order valence-corrected chi connectivity index (χ1v) is 14.5. The summed E-state index contributed by atoms with van der Waals surface area (Å²) >= 11 is 0. The highest BCUT2D eigenvalue weighted by Gasteiger charge is 2.34. The number of para-hydroxylation sites is 1. The van der Waals surface area contributed by atoms with Gasteiger partial charge in [0.2, 0.25) is 11.8 Å². The van der Waals surface area contributed by atoms with Crippen LogP contribution in [-0.4, -0.2) is 44.3 Å². The molecule has 0 spiro atoms. The lowest BCUT2D eigenvalue weighted by Crippen LogP contribution is -2.52. The average Bonchev–Trinajstić information content (AvgIpc) is 2.92. The van der Waals surface area contributed by atoms with E-state index in [4.69, 9.17) is 0 Å². The van der Waals surface area contributed by atoms with Crippen LogP contribution in [0.4, 0.5) is 10.1 Å². The maximum Gasteiger partial charge on any atom is 0.264 e. The summed E-state index contributed by atoms with van der Waals surface area (Å²) in [4.78, 5) is 28.4. The van der Waals surface area contributed by atoms with Crippen molar-refractivity contribution in [1.29, 1.82) is 0 Å². The lowest BCUT2D eigenvalue weighted by molar-refractivity contribution is -0.140. The number of rotatable bonds is 12. The topological polar surface area (TPSA) is 86.8 Å². The molecular formula is C30H36FN3O4S. The van der Waals surface area contributed by atoms with Crippen molar-refractivity contribution in [2.24, 2.45) is 0 Å². The minimum atomic E-state index is -4.32. The number of halogens is 1. The van der Waals surface area contributed by atoms with Crippen molar-refractivity contribution in [2.45, 2.75) is 58.0 Å². The fourth-order valence-corrected chi connectivity index (χ4v) is 5.68. The van der Waals surface area contributed by atoms with Gasteiger partial charge in [-0.2, -0.15) is 0 Å². The number of hydrogen-bond donors (Lipinski definition) is 1. The first kappa shape index (κ1) is 29.8. The van der Waals surface area contributed by atoms with E-state index in [1.807, 2.05) is 45.0 Å². The second-order valence-electron chi connectivity index (χ2n) is 9.44. The zero-order chi connectivity index (χ0) is 28.6. The molecule has 0 radical (unpaired) electrons. The molecule has 1 unspecified atom stereocenters. The minimum Gasteiger partial charge on any atom is -0.354 e. The number of hydrogen-bond acceptors (Lipinski definition) is 4. The van der Waals surface area contributed by atoms with Crippen LogP contribution in [0, 0.1) is 19.7 Å². The first-order valence-electron chi connectivity index (χ1n) is 13.1. The van der Waals surface area contributed by atoms with Gasteiger partial charge in [-0.25, -0.2) is 12.8 Å². The van der Waals surface area contributed by atoms with E-state index in [1.165, 1.54) is 35.2 Å². The van der Waals surface area contributed by atoms with Crippen LogP contribution in [-0.2, 0) is 26.2 Å². The third kappa shape index (κ3) is 7.23. The summed E-state index contributed by atoms with van der Waals surface area (Å²) in [6.45, 7) is 7.33. The molecule has 0 aromatic heterocycles. The molecule has 7 nitrogen and oxygen atoms in total. The largest absolute Gasteiger partial charge is 0.354 e. The Labute approximate surface area is 230 Å². The molecule has 1 N–H and O–H groups in total. The summed E-state index contributed by atoms with van der Waals surface area (Å²) < 4.78 is 43.4. The van der Waals surface area contributed by atoms with E-state index in [9.17, 15) is 22.4 Å². The van der Waals surface area contributed by atoms with Gasteiger partial charge in [0.1, 0.15) is 18.4 Å². The Kier molecular flexibility index (Phi) is 10.2. The van der Waals surface area contributed by atoms with Crippen LogP contribution >= 0.6 is 0 Å². The summed E-state index contributed by atoms with van der Waals surface area (Å²) in [5.74, 6) is -1.71. The molecule has 0 heterocycles. The Morgan fingerprint density at radius 3 is 2.18 bits per heavy atom. The van der Waals surface area contributed by atoms with Gasteiger partial charge in [0, 0.05) is 13.1 Å². The Morgan fingerprint density at radius 2 is 1.56 bits per heavy atom. The molecule has 0 saturated carbocycles. The van der Waals surface area contributed by atoms with Crippen molar-refractivity contribution in [3.63, 3.8) is 0 Å². The Bertz CT molecular complexity index is 1390. The molecule has 208 valence electrons. The zero-order valence-electron chi connectivity index (χ0n) is 22.9. The Morgan fingerprint density at radius 1 is 0.923 bits per heavy atom. The van der Waals surface area contributed by atoms with E-state index in [0.29, 0.717) is 13.0 Å². The molecule has 3 aromatic carbocycles. The summed E-state index contributed by atoms with van der Waals surface area (Å²) in [6, 6.07) is 18.2. The van der Waals surface area contributed by atoms with E-state index >= 15 is 0 Å². The highest BCUT2D eigenvalue weighted by molar-refractivity contribution is 7.92. The minimum absolute atomic E-state index is 0.0673. The Balaban J connectivity index is 2.07. The second kappa shape index (κ2) is 13.4. The van der Waals surface area contributed by atoms with Gasteiger partial charge in [0.05, 0.1) is 10.6 Å². The number of amides is 2. The van der Waals surface area contributed by atoms with Crippen molar-refractivity contribution >= 4 is 27.5 Å². The van der Waals surface area contributed by atoms with Gasteiger partial charge in [0.25, 0.3) is 10.0 Å². The summed E-state index contributed by atoms with van der Waals surface area (Å²) in [5.41, 5.74) is 2.37. The van der Waals surface area contributed by atoms with Crippen molar-refractivity contribution in [3.8, 4) is 0 Å². The molecule has 0 saturated heterocycles. The van der Waals surface area contributed by atoms with Gasteiger partial charge >= 0.3 is 0 Å². The maximum absolute atomic E-state index is 15.0. The number of carbonyl (C=O) groups excluding carboxylic acids is 2. The number of sulfonamides is 1. The number of nitrogens with one attached hydrogen (secondary N) is 1. The Hall–Kier alpha value is -3.72. The number of carbonyl (C=O) groups is 2. The third-order valence-corrected chi connectivity index (χ3v) is 8.32. The molecule has 0 aliphatic carbocycles. The summed E-state index contributed by atoms with van der Waals surface area (Å²) in [5, 5.41) is 2.85. The highest BCUT2D eigenvalue weighted by atomic mass is 32.2. The molecule has 9 heteroatoms. The fraction of sp³-hybridized carbons (Fsp3) is 0.333. The number of anilines is 1. The number of benzene rings is 3. The van der Waals surface area contributed by atoms with Crippen LogP contribution in [0.5, 0.6) is 0 Å². The van der Waals surface area contributed by atoms with Gasteiger partial charge in [-0.3, -0.25) is 13.9 Å². The van der Waals surface area contributed by atoms with Crippen molar-refractivity contribution < 1.29 is 22.4 Å². The quantitative estimate of drug-likeness (QED) is 0.343. The molecule has 2 amide bonds. The SMILES string of the molecule is CCCNC(=O)C(CC)N(Cc1ccccc1C)C(=O)CN(c1ccccc1F)S(=O)(=O)c1ccc(C)cc1. The average molecular weight is 554 g/mol. The van der Waals surface area contributed by atoms with Crippen molar-refractivity contribution in [3.05, 3.63) is 95.3 Å². The molecule has 0 aliphatic rings. The lowest BCUT2D eigenvalue weighted by atomic mass is 10.1. The van der Waals surface area contributed by atoms with E-state index < -0.39 is 34.3 Å². The molecule has 0 bridgehead atoms. The molecule has 3 aromatic rings. The van der Waals surface area contributed by atoms with E-state index in [-0.39, 0.29) is 23.0 Å². The fourth-order valence-electron chi connectivity index (χ4n) is 4.26. The van der Waals surface area contributed by atoms with Crippen LogP contribution in [0.15, 0.2) is 77.7 Å². The van der Waals surface area contributed by atoms with Crippen molar-refractivity contribution in [1.82, 2.24) is 10.2 Å². The monoisotopic (exact) mass is 553 g/mol. The van der Waals surface area contributed by atoms with Gasteiger partial charge in [-0.15, -0.1) is 0 Å². The van der Waals surface area contributed by atoms with Crippen LogP contribution < -0.4 is 9.62 Å². The second-order valence-corrected chi connectivity index (χ2v) is 11.3. The lowest BCUT2D eigenvalue weighted by Gasteiger charge is -2.33. The van der Waals surface area contributed by atoms with Gasteiger partial charge in [-0.1, -0.05) is 67.9 Å². The molecule has 3 rings (SSSR count). The first-order chi connectivity index (χ1) is 18.6. The molecule has 0 fully saturated rings. The third-order valence-electron chi connectivity index (χ3n) is 6.55. The summed E-state index contributed by atoms with van der Waals surface area (Å²) in [6.07, 6.45) is 1.04. The zero-order valence-corrected chi connectivity index (χ0v) is 23.7. The molecule has 0 aliphatic heterocycles. The van der Waals surface area contributed by atoms with Crippen LogP contribution in [0.2, 0.25) is 0 Å². The maximum atomic E-state index is 15.0. The molecular weight excluding hydrogens is 517 g/mol. The van der Waals surface area contributed by atoms with Gasteiger partial charge in [0.15, 0.2) is 0 Å². The highest BCUT2D eigenvalue weighted by Crippen LogP contribution is 2.27. The smallest absolute Gasteiger partial charge is 0.264 e. The van der Waals surface area contributed by atoms with Gasteiger partial charge < -0.3 is 10.2 Å². The van der Waals surface area contributed by atoms with E-state index in [1.54, 1.807) is 19.1 Å². The van der Waals surface area contributed by atoms with E-state index in [2.05, 4.69) is 5.32 Å². The number of nitrogens with zero attached hydrogens (tertiary/aromatic N) is 2. The normalized spacial score (nSPS) is 12.0. The van der Waals surface area contributed by atoms with Crippen LogP contribution in [0.25, 0.3) is 0 Å². The van der Waals surface area contributed by atoms with Crippen molar-refractivity contribution in [2.75, 3.05) is 17.4 Å². The van der Waals surface area contributed by atoms with Crippen LogP contribution in [0.1, 0.15) is 43.4 Å². The van der Waals surface area contributed by atoms with E-state index in [0.717, 1.165) is 33.5 Å². The summed E-state index contributed by atoms with van der Waals surface area (Å²) in [7, 11) is -4.32. The van der Waals surface area contributed by atoms with Crippen LogP contribution in [0.3, 0.4) is 0 Å².